The Kier molecular flexibility index (Phi) is 5.38. The van der Waals surface area contributed by atoms with Crippen LogP contribution in [-0.4, -0.2) is 35.5 Å². The van der Waals surface area contributed by atoms with Gasteiger partial charge in [-0.05, 0) is 18.8 Å². The van der Waals surface area contributed by atoms with Gasteiger partial charge in [0, 0.05) is 11.8 Å². The zero-order valence-electron chi connectivity index (χ0n) is 11.3. The van der Waals surface area contributed by atoms with Crippen LogP contribution in [0.25, 0.3) is 0 Å². The highest BCUT2D eigenvalue weighted by Crippen LogP contribution is 2.35. The van der Waals surface area contributed by atoms with Crippen LogP contribution in [0.1, 0.15) is 47.0 Å². The van der Waals surface area contributed by atoms with Crippen LogP contribution < -0.4 is 0 Å². The van der Waals surface area contributed by atoms with Gasteiger partial charge in [-0.1, -0.05) is 27.7 Å². The first-order valence-corrected chi connectivity index (χ1v) is 6.52. The van der Waals surface area contributed by atoms with E-state index in [2.05, 4.69) is 20.8 Å². The van der Waals surface area contributed by atoms with Crippen LogP contribution in [0.15, 0.2) is 0 Å². The summed E-state index contributed by atoms with van der Waals surface area (Å²) in [5, 5.41) is 19.7. The number of hydrogen-bond acceptors (Lipinski definition) is 4. The molecule has 0 bridgehead atoms. The summed E-state index contributed by atoms with van der Waals surface area (Å²) in [5.41, 5.74) is -0.267. The van der Waals surface area contributed by atoms with E-state index in [4.69, 9.17) is 9.47 Å². The van der Waals surface area contributed by atoms with E-state index < -0.39 is 18.7 Å². The Bertz CT molecular complexity index is 231. The fourth-order valence-corrected chi connectivity index (χ4v) is 2.37. The minimum absolute atomic E-state index is 0.267. The molecule has 3 unspecified atom stereocenters. The molecule has 0 saturated carbocycles. The van der Waals surface area contributed by atoms with Crippen molar-refractivity contribution < 1.29 is 19.7 Å². The molecule has 0 radical (unpaired) electrons. The lowest BCUT2D eigenvalue weighted by molar-refractivity contribution is -0.234. The van der Waals surface area contributed by atoms with Crippen molar-refractivity contribution in [3.05, 3.63) is 0 Å². The van der Waals surface area contributed by atoms with Gasteiger partial charge in [-0.15, -0.1) is 0 Å². The van der Waals surface area contributed by atoms with E-state index >= 15 is 0 Å². The highest BCUT2D eigenvalue weighted by Gasteiger charge is 2.37. The van der Waals surface area contributed by atoms with E-state index in [-0.39, 0.29) is 5.41 Å². The largest absolute Gasteiger partial charge is 0.367 e. The van der Waals surface area contributed by atoms with Crippen molar-refractivity contribution in [1.82, 2.24) is 0 Å². The van der Waals surface area contributed by atoms with Crippen LogP contribution in [0.4, 0.5) is 0 Å². The third kappa shape index (κ3) is 3.91. The molecule has 1 rings (SSSR count). The molecule has 0 amide bonds. The standard InChI is InChI=1S/C13H26O4/c1-5-13(4,8-9(2)3)12(15)17-10-6-7-16-11(10)14/h9-12,14-15H,5-8H2,1-4H3/t10?,11-,12?,13?/m1/s1. The minimum Gasteiger partial charge on any atom is -0.367 e. The topological polar surface area (TPSA) is 58.9 Å². The lowest BCUT2D eigenvalue weighted by Crippen LogP contribution is -2.40. The molecule has 0 spiro atoms. The molecule has 4 heteroatoms. The monoisotopic (exact) mass is 246 g/mol. The molecule has 1 aliphatic rings. The quantitative estimate of drug-likeness (QED) is 0.703. The first-order chi connectivity index (χ1) is 7.89. The molecule has 4 nitrogen and oxygen atoms in total. The van der Waals surface area contributed by atoms with Crippen molar-refractivity contribution in [2.24, 2.45) is 11.3 Å². The number of aliphatic hydroxyl groups is 2. The van der Waals surface area contributed by atoms with E-state index in [0.717, 1.165) is 12.8 Å². The van der Waals surface area contributed by atoms with Crippen LogP contribution in [0.2, 0.25) is 0 Å². The van der Waals surface area contributed by atoms with Gasteiger partial charge in [0.1, 0.15) is 6.10 Å². The molecule has 1 saturated heterocycles. The van der Waals surface area contributed by atoms with E-state index in [1.54, 1.807) is 0 Å². The van der Waals surface area contributed by atoms with Crippen molar-refractivity contribution in [3.63, 3.8) is 0 Å². The Hall–Kier alpha value is -0.160. The summed E-state index contributed by atoms with van der Waals surface area (Å²) in [4.78, 5) is 0. The van der Waals surface area contributed by atoms with Gasteiger partial charge in [0.15, 0.2) is 12.6 Å². The highest BCUT2D eigenvalue weighted by atomic mass is 16.7. The average Bonchev–Trinajstić information content (AvgIpc) is 2.63. The number of rotatable bonds is 6. The summed E-state index contributed by atoms with van der Waals surface area (Å²) < 4.78 is 10.6. The van der Waals surface area contributed by atoms with Gasteiger partial charge in [0.2, 0.25) is 0 Å². The van der Waals surface area contributed by atoms with E-state index in [0.29, 0.717) is 18.9 Å². The van der Waals surface area contributed by atoms with Gasteiger partial charge < -0.3 is 19.7 Å². The molecule has 102 valence electrons. The maximum absolute atomic E-state index is 10.2. The zero-order valence-corrected chi connectivity index (χ0v) is 11.3. The summed E-state index contributed by atoms with van der Waals surface area (Å²) in [7, 11) is 0. The molecule has 17 heavy (non-hydrogen) atoms. The zero-order chi connectivity index (χ0) is 13.1. The third-order valence-corrected chi connectivity index (χ3v) is 3.59. The van der Waals surface area contributed by atoms with Crippen molar-refractivity contribution in [1.29, 1.82) is 0 Å². The van der Waals surface area contributed by atoms with Crippen molar-refractivity contribution in [2.75, 3.05) is 6.61 Å². The van der Waals surface area contributed by atoms with Gasteiger partial charge in [-0.25, -0.2) is 0 Å². The Labute approximate surface area is 104 Å². The van der Waals surface area contributed by atoms with Gasteiger partial charge >= 0.3 is 0 Å². The van der Waals surface area contributed by atoms with E-state index in [1.807, 2.05) is 6.92 Å². The average molecular weight is 246 g/mol. The van der Waals surface area contributed by atoms with Crippen LogP contribution in [0, 0.1) is 11.3 Å². The van der Waals surface area contributed by atoms with Gasteiger partial charge in [0.05, 0.1) is 6.61 Å². The Morgan fingerprint density at radius 3 is 2.53 bits per heavy atom. The molecule has 0 aliphatic carbocycles. The van der Waals surface area contributed by atoms with Crippen LogP contribution >= 0.6 is 0 Å². The first-order valence-electron chi connectivity index (χ1n) is 6.52. The Morgan fingerprint density at radius 2 is 2.12 bits per heavy atom. The summed E-state index contributed by atoms with van der Waals surface area (Å²) in [6.45, 7) is 8.84. The van der Waals surface area contributed by atoms with Crippen molar-refractivity contribution >= 4 is 0 Å². The molecule has 2 N–H and O–H groups in total. The van der Waals surface area contributed by atoms with Gasteiger partial charge in [-0.3, -0.25) is 0 Å². The molecule has 0 aromatic heterocycles. The molecule has 1 heterocycles. The summed E-state index contributed by atoms with van der Waals surface area (Å²) in [5.74, 6) is 0.503. The Balaban J connectivity index is 2.56. The molecule has 1 aliphatic heterocycles. The molecular weight excluding hydrogens is 220 g/mol. The molecular formula is C13H26O4. The molecule has 0 aromatic carbocycles. The fourth-order valence-electron chi connectivity index (χ4n) is 2.37. The van der Waals surface area contributed by atoms with Gasteiger partial charge in [-0.2, -0.15) is 0 Å². The predicted octanol–water partition coefficient (Wildman–Crippen LogP) is 1.89. The van der Waals surface area contributed by atoms with Crippen LogP contribution in [0.3, 0.4) is 0 Å². The van der Waals surface area contributed by atoms with E-state index in [9.17, 15) is 10.2 Å². The predicted molar refractivity (Wildman–Crippen MR) is 65.3 cm³/mol. The van der Waals surface area contributed by atoms with Crippen LogP contribution in [-0.2, 0) is 9.47 Å². The lowest BCUT2D eigenvalue weighted by Gasteiger charge is -2.36. The summed E-state index contributed by atoms with van der Waals surface area (Å²) in [6, 6.07) is 0. The smallest absolute Gasteiger partial charge is 0.181 e. The number of hydrogen-bond donors (Lipinski definition) is 2. The number of ether oxygens (including phenoxy) is 2. The summed E-state index contributed by atoms with van der Waals surface area (Å²) >= 11 is 0. The fraction of sp³-hybridized carbons (Fsp3) is 1.00. The van der Waals surface area contributed by atoms with Crippen LogP contribution in [0.5, 0.6) is 0 Å². The SMILES string of the molecule is CCC(C)(CC(C)C)C(O)OC1CCO[C@H]1O. The summed E-state index contributed by atoms with van der Waals surface area (Å²) in [6.07, 6.45) is 0.230. The second kappa shape index (κ2) is 6.14. The molecule has 1 fully saturated rings. The lowest BCUT2D eigenvalue weighted by atomic mass is 9.79. The third-order valence-electron chi connectivity index (χ3n) is 3.59. The second-order valence-corrected chi connectivity index (χ2v) is 5.68. The van der Waals surface area contributed by atoms with Crippen molar-refractivity contribution in [2.45, 2.75) is 65.6 Å². The maximum atomic E-state index is 10.2. The molecule has 4 atom stereocenters. The highest BCUT2D eigenvalue weighted by molar-refractivity contribution is 4.79. The normalized spacial score (nSPS) is 30.5. The maximum Gasteiger partial charge on any atom is 0.181 e. The minimum atomic E-state index is -0.898. The Morgan fingerprint density at radius 1 is 1.47 bits per heavy atom. The van der Waals surface area contributed by atoms with Crippen molar-refractivity contribution in [3.8, 4) is 0 Å². The number of aliphatic hydroxyl groups excluding tert-OH is 2. The van der Waals surface area contributed by atoms with Gasteiger partial charge in [0.25, 0.3) is 0 Å². The first kappa shape index (κ1) is 14.9. The molecule has 0 aromatic rings. The second-order valence-electron chi connectivity index (χ2n) is 5.68. The van der Waals surface area contributed by atoms with E-state index in [1.165, 1.54) is 0 Å².